The molecule has 0 spiro atoms. The highest BCUT2D eigenvalue weighted by molar-refractivity contribution is 8.79. The van der Waals surface area contributed by atoms with Gasteiger partial charge < -0.3 is 0 Å². The lowest BCUT2D eigenvalue weighted by Gasteiger charge is -2.28. The molecule has 90 valence electrons. The van der Waals surface area contributed by atoms with Gasteiger partial charge in [-0.05, 0) is 43.2 Å². The molecule has 4 heteroatoms. The second-order valence-electron chi connectivity index (χ2n) is 3.64. The van der Waals surface area contributed by atoms with Crippen LogP contribution in [0.5, 0.6) is 0 Å². The Hall–Kier alpha value is -0.340. The third-order valence-electron chi connectivity index (χ3n) is 2.47. The van der Waals surface area contributed by atoms with E-state index >= 15 is 0 Å². The smallest absolute Gasteiger partial charge is 0.0622 e. The molecule has 0 heterocycles. The van der Waals surface area contributed by atoms with Gasteiger partial charge in [-0.1, -0.05) is 60.7 Å². The van der Waals surface area contributed by atoms with Gasteiger partial charge >= 0.3 is 0 Å². The lowest BCUT2D eigenvalue weighted by Crippen LogP contribution is -2.00. The Balaban J connectivity index is 2.48. The molecule has 2 rings (SSSR count). The summed E-state index contributed by atoms with van der Waals surface area (Å²) in [7, 11) is 16.3. The molecule has 0 saturated heterocycles. The van der Waals surface area contributed by atoms with Gasteiger partial charge in [-0.15, -0.1) is 0 Å². The van der Waals surface area contributed by atoms with Gasteiger partial charge in [0.1, 0.15) is 0 Å². The zero-order chi connectivity index (χ0) is 12.3. The van der Waals surface area contributed by atoms with Gasteiger partial charge in [-0.3, -0.25) is 0 Å². The molecule has 0 unspecified atom stereocenters. The van der Waals surface area contributed by atoms with Crippen molar-refractivity contribution in [2.45, 2.75) is 5.25 Å². The topological polar surface area (TPSA) is 0 Å². The summed E-state index contributed by atoms with van der Waals surface area (Å²) in [6.07, 6.45) is 0. The average Bonchev–Trinajstić information content (AvgIpc) is 2.30. The zero-order valence-corrected chi connectivity index (χ0v) is 12.0. The Labute approximate surface area is 116 Å². The molecule has 0 nitrogen and oxygen atoms in total. The maximum atomic E-state index is 6.18. The molecule has 0 fully saturated rings. The van der Waals surface area contributed by atoms with Crippen LogP contribution in [0, 0.1) is 0 Å². The molecule has 0 aromatic heterocycles. The molecule has 0 atom stereocenters. The normalized spacial score (nSPS) is 12.7. The van der Waals surface area contributed by atoms with E-state index in [9.17, 15) is 0 Å². The van der Waals surface area contributed by atoms with E-state index < -0.39 is 7.67 Å². The van der Waals surface area contributed by atoms with Gasteiger partial charge in [0, 0.05) is 7.67 Å². The monoisotopic (exact) mass is 304 g/mol. The van der Waals surface area contributed by atoms with Crippen molar-refractivity contribution in [2.75, 3.05) is 0 Å². The minimum absolute atomic E-state index is 0.171. The quantitative estimate of drug-likeness (QED) is 0.648. The van der Waals surface area contributed by atoms with Crippen molar-refractivity contribution in [2.24, 2.45) is 0 Å². The second kappa shape index (κ2) is 5.53. The number of benzene rings is 2. The summed E-state index contributed by atoms with van der Waals surface area (Å²) in [6.45, 7) is 0. The van der Waals surface area contributed by atoms with Crippen LogP contribution in [0.15, 0.2) is 60.7 Å². The molecule has 2 aromatic rings. The van der Waals surface area contributed by atoms with Crippen molar-refractivity contribution >= 4 is 39.7 Å². The SMILES string of the molecule is ClS(Cl)(Cl)C(c1ccccc1)c1ccccc1. The summed E-state index contributed by atoms with van der Waals surface area (Å²) < 4.78 is 0. The summed E-state index contributed by atoms with van der Waals surface area (Å²) in [5.74, 6) is 0. The van der Waals surface area contributed by atoms with Crippen LogP contribution in [0.25, 0.3) is 0 Å². The van der Waals surface area contributed by atoms with E-state index in [1.807, 2.05) is 60.7 Å². The highest BCUT2D eigenvalue weighted by Gasteiger charge is 2.30. The van der Waals surface area contributed by atoms with Gasteiger partial charge in [-0.2, -0.15) is 0 Å². The van der Waals surface area contributed by atoms with Gasteiger partial charge in [-0.25, -0.2) is 0 Å². The molecule has 0 radical (unpaired) electrons. The van der Waals surface area contributed by atoms with E-state index in [0.717, 1.165) is 11.1 Å². The highest BCUT2D eigenvalue weighted by atomic mass is 36.2. The van der Waals surface area contributed by atoms with Crippen LogP contribution in [0.3, 0.4) is 0 Å². The van der Waals surface area contributed by atoms with E-state index in [1.165, 1.54) is 0 Å². The first-order chi connectivity index (χ1) is 8.09. The Morgan fingerprint density at radius 2 is 1.00 bits per heavy atom. The predicted octanol–water partition coefficient (Wildman–Crippen LogP) is 6.04. The lowest BCUT2D eigenvalue weighted by atomic mass is 10.0. The average molecular weight is 306 g/mol. The van der Waals surface area contributed by atoms with Crippen molar-refractivity contribution in [3.8, 4) is 0 Å². The van der Waals surface area contributed by atoms with Crippen molar-refractivity contribution in [1.82, 2.24) is 0 Å². The molecular formula is C13H11Cl3S. The predicted molar refractivity (Wildman–Crippen MR) is 79.9 cm³/mol. The Morgan fingerprint density at radius 3 is 1.29 bits per heavy atom. The molecule has 2 aromatic carbocycles. The summed E-state index contributed by atoms with van der Waals surface area (Å²) in [4.78, 5) is 0. The molecule has 0 saturated carbocycles. The summed E-state index contributed by atoms with van der Waals surface area (Å²) in [5.41, 5.74) is 2.07. The van der Waals surface area contributed by atoms with Crippen molar-refractivity contribution in [3.05, 3.63) is 71.8 Å². The van der Waals surface area contributed by atoms with E-state index in [1.54, 1.807) is 0 Å². The molecule has 0 aliphatic heterocycles. The maximum absolute atomic E-state index is 6.18. The minimum atomic E-state index is -2.25. The molecular weight excluding hydrogens is 295 g/mol. The largest absolute Gasteiger partial charge is 0.0776 e. The van der Waals surface area contributed by atoms with Crippen LogP contribution < -0.4 is 0 Å². The minimum Gasteiger partial charge on any atom is -0.0622 e. The fraction of sp³-hybridized carbons (Fsp3) is 0.0769. The number of hydrogen-bond donors (Lipinski definition) is 0. The highest BCUT2D eigenvalue weighted by Crippen LogP contribution is 2.74. The standard InChI is InChI=1S/C13H11Cl3S/c14-17(15,16)13(11-7-3-1-4-8-11)12-9-5-2-6-10-12/h1-10,13H. The van der Waals surface area contributed by atoms with E-state index in [-0.39, 0.29) is 5.25 Å². The van der Waals surface area contributed by atoms with E-state index in [4.69, 9.17) is 32.0 Å². The van der Waals surface area contributed by atoms with E-state index in [2.05, 4.69) is 0 Å². The second-order valence-corrected chi connectivity index (χ2v) is 10.8. The Morgan fingerprint density at radius 1 is 0.647 bits per heavy atom. The van der Waals surface area contributed by atoms with Gasteiger partial charge in [0.25, 0.3) is 0 Å². The fourth-order valence-electron chi connectivity index (χ4n) is 1.76. The first-order valence-electron chi connectivity index (χ1n) is 5.10. The number of rotatable bonds is 3. The van der Waals surface area contributed by atoms with Crippen molar-refractivity contribution < 1.29 is 0 Å². The van der Waals surface area contributed by atoms with Crippen LogP contribution in [0.1, 0.15) is 16.4 Å². The first-order valence-corrected chi connectivity index (χ1v) is 9.27. The molecule has 0 aliphatic carbocycles. The van der Waals surface area contributed by atoms with Crippen LogP contribution in [0.2, 0.25) is 0 Å². The number of halogens is 3. The van der Waals surface area contributed by atoms with Gasteiger partial charge in [0.05, 0.1) is 5.25 Å². The van der Waals surface area contributed by atoms with Gasteiger partial charge in [0.2, 0.25) is 0 Å². The van der Waals surface area contributed by atoms with Crippen LogP contribution in [-0.4, -0.2) is 0 Å². The first kappa shape index (κ1) is 13.1. The third-order valence-corrected chi connectivity index (χ3v) is 5.15. The maximum Gasteiger partial charge on any atom is 0.0776 e. The van der Waals surface area contributed by atoms with E-state index in [0.29, 0.717) is 0 Å². The molecule has 0 aliphatic rings. The Bertz CT molecular complexity index is 426. The molecule has 0 N–H and O–H groups in total. The van der Waals surface area contributed by atoms with Crippen LogP contribution >= 0.6 is 39.7 Å². The lowest BCUT2D eigenvalue weighted by molar-refractivity contribution is 1.16. The van der Waals surface area contributed by atoms with Crippen LogP contribution in [-0.2, 0) is 0 Å². The summed E-state index contributed by atoms with van der Waals surface area (Å²) >= 11 is 0. The summed E-state index contributed by atoms with van der Waals surface area (Å²) in [6, 6.07) is 19.7. The molecule has 17 heavy (non-hydrogen) atoms. The zero-order valence-electron chi connectivity index (χ0n) is 8.89. The molecule has 0 amide bonds. The Kier molecular flexibility index (Phi) is 4.26. The fourth-order valence-corrected chi connectivity index (χ4v) is 4.54. The van der Waals surface area contributed by atoms with Crippen molar-refractivity contribution in [3.63, 3.8) is 0 Å². The van der Waals surface area contributed by atoms with Gasteiger partial charge in [0.15, 0.2) is 0 Å². The van der Waals surface area contributed by atoms with Crippen molar-refractivity contribution in [1.29, 1.82) is 0 Å². The summed E-state index contributed by atoms with van der Waals surface area (Å²) in [5, 5.41) is -0.171. The van der Waals surface area contributed by atoms with Crippen LogP contribution in [0.4, 0.5) is 0 Å². The molecule has 0 bridgehead atoms. The third kappa shape index (κ3) is 3.32. The number of hydrogen-bond acceptors (Lipinski definition) is 0.